The molecule has 0 aliphatic heterocycles. The van der Waals surface area contributed by atoms with E-state index in [0.29, 0.717) is 19.3 Å². The molecule has 0 aromatic carbocycles. The van der Waals surface area contributed by atoms with Crippen molar-refractivity contribution in [3.05, 3.63) is 0 Å². The van der Waals surface area contributed by atoms with Crippen LogP contribution in [0.1, 0.15) is 46.0 Å². The van der Waals surface area contributed by atoms with Crippen LogP contribution in [0.5, 0.6) is 0 Å². The van der Waals surface area contributed by atoms with Gasteiger partial charge in [0.2, 0.25) is 5.92 Å². The zero-order valence-electron chi connectivity index (χ0n) is 10.1. The number of carbonyl (C=O) groups is 1. The van der Waals surface area contributed by atoms with Crippen LogP contribution in [-0.2, 0) is 4.79 Å². The quantitative estimate of drug-likeness (QED) is 0.708. The average molecular weight is 315 g/mol. The molecule has 17 heavy (non-hydrogen) atoms. The first-order valence-electron chi connectivity index (χ1n) is 5.87. The summed E-state index contributed by atoms with van der Waals surface area (Å²) < 4.78 is 39.3. The highest BCUT2D eigenvalue weighted by Crippen LogP contribution is 2.39. The lowest BCUT2D eigenvalue weighted by molar-refractivity contribution is -0.128. The number of rotatable bonds is 4. The number of alkyl halides is 4. The fourth-order valence-corrected chi connectivity index (χ4v) is 3.18. The summed E-state index contributed by atoms with van der Waals surface area (Å²) in [6.07, 6.45) is 1.03. The van der Waals surface area contributed by atoms with Crippen LogP contribution in [0.25, 0.3) is 0 Å². The van der Waals surface area contributed by atoms with E-state index < -0.39 is 22.2 Å². The number of hydrogen-bond donors (Lipinski definition) is 0. The van der Waals surface area contributed by atoms with Crippen molar-refractivity contribution in [2.24, 2.45) is 5.92 Å². The Labute approximate surface area is 108 Å². The Balaban J connectivity index is 2.43. The molecule has 100 valence electrons. The van der Waals surface area contributed by atoms with E-state index in [9.17, 15) is 18.0 Å². The van der Waals surface area contributed by atoms with Crippen molar-refractivity contribution in [3.8, 4) is 0 Å². The molecule has 0 saturated heterocycles. The maximum Gasteiger partial charge on any atom is 0.248 e. The summed E-state index contributed by atoms with van der Waals surface area (Å²) in [6.45, 7) is 2.44. The van der Waals surface area contributed by atoms with Crippen LogP contribution in [-0.4, -0.2) is 22.2 Å². The first-order chi connectivity index (χ1) is 7.62. The number of hydrogen-bond acceptors (Lipinski definition) is 1. The van der Waals surface area contributed by atoms with Gasteiger partial charge in [0, 0.05) is 12.8 Å². The molecule has 5 heteroatoms. The monoisotopic (exact) mass is 314 g/mol. The van der Waals surface area contributed by atoms with Crippen LogP contribution < -0.4 is 0 Å². The molecule has 0 amide bonds. The highest BCUT2D eigenvalue weighted by molar-refractivity contribution is 9.10. The van der Waals surface area contributed by atoms with Gasteiger partial charge in [0.25, 0.3) is 0 Å². The standard InChI is InChI=1S/C12H18BrF3O/c1-11(2,14)10(17)9(13)7-8-3-5-12(15,16)6-4-8/h8-9H,3-7H2,1-2H3. The van der Waals surface area contributed by atoms with Crippen molar-refractivity contribution in [1.82, 2.24) is 0 Å². The van der Waals surface area contributed by atoms with Crippen LogP contribution in [0.15, 0.2) is 0 Å². The molecule has 0 radical (unpaired) electrons. The fraction of sp³-hybridized carbons (Fsp3) is 0.917. The van der Waals surface area contributed by atoms with E-state index in [2.05, 4.69) is 15.9 Å². The Hall–Kier alpha value is -0.0600. The third-order valence-electron chi connectivity index (χ3n) is 3.25. The summed E-state index contributed by atoms with van der Waals surface area (Å²) >= 11 is 3.17. The van der Waals surface area contributed by atoms with E-state index >= 15 is 0 Å². The summed E-state index contributed by atoms with van der Waals surface area (Å²) in [5, 5.41) is 0. The van der Waals surface area contributed by atoms with E-state index in [-0.39, 0.29) is 18.8 Å². The van der Waals surface area contributed by atoms with Gasteiger partial charge in [0.15, 0.2) is 11.5 Å². The third kappa shape index (κ3) is 4.60. The van der Waals surface area contributed by atoms with E-state index in [4.69, 9.17) is 0 Å². The molecule has 1 aliphatic carbocycles. The topological polar surface area (TPSA) is 17.1 Å². The second kappa shape index (κ2) is 5.29. The van der Waals surface area contributed by atoms with Crippen LogP contribution in [0, 0.1) is 5.92 Å². The Bertz CT molecular complexity index is 276. The van der Waals surface area contributed by atoms with Crippen molar-refractivity contribution in [2.45, 2.75) is 62.4 Å². The molecule has 1 unspecified atom stereocenters. The minimum Gasteiger partial charge on any atom is -0.295 e. The predicted octanol–water partition coefficient (Wildman–Crippen LogP) is 4.28. The Morgan fingerprint density at radius 3 is 2.29 bits per heavy atom. The highest BCUT2D eigenvalue weighted by atomic mass is 79.9. The molecule has 1 saturated carbocycles. The predicted molar refractivity (Wildman–Crippen MR) is 64.4 cm³/mol. The fourth-order valence-electron chi connectivity index (χ4n) is 2.11. The van der Waals surface area contributed by atoms with Crippen LogP contribution >= 0.6 is 15.9 Å². The maximum atomic E-state index is 13.4. The average Bonchev–Trinajstić information content (AvgIpc) is 2.18. The Morgan fingerprint density at radius 1 is 1.41 bits per heavy atom. The molecule has 1 rings (SSSR count). The van der Waals surface area contributed by atoms with Gasteiger partial charge in [0.1, 0.15) is 0 Å². The minimum absolute atomic E-state index is 0.0882. The SMILES string of the molecule is CC(C)(F)C(=O)C(Br)CC1CCC(F)(F)CC1. The lowest BCUT2D eigenvalue weighted by Crippen LogP contribution is -2.35. The number of halogens is 4. The first kappa shape index (κ1) is 15.0. The van der Waals surface area contributed by atoms with Gasteiger partial charge in [-0.05, 0) is 39.0 Å². The van der Waals surface area contributed by atoms with E-state index in [0.717, 1.165) is 0 Å². The molecule has 1 aliphatic rings. The van der Waals surface area contributed by atoms with Gasteiger partial charge in [-0.2, -0.15) is 0 Å². The molecule has 0 bridgehead atoms. The zero-order chi connectivity index (χ0) is 13.3. The Morgan fingerprint density at radius 2 is 1.88 bits per heavy atom. The number of ketones is 1. The number of carbonyl (C=O) groups excluding carboxylic acids is 1. The van der Waals surface area contributed by atoms with Crippen LogP contribution in [0.4, 0.5) is 13.2 Å². The summed E-state index contributed by atoms with van der Waals surface area (Å²) in [6, 6.07) is 0. The minimum atomic E-state index is -2.55. The van der Waals surface area contributed by atoms with Crippen molar-refractivity contribution in [3.63, 3.8) is 0 Å². The lowest BCUT2D eigenvalue weighted by Gasteiger charge is -2.29. The summed E-state index contributed by atoms with van der Waals surface area (Å²) in [7, 11) is 0. The first-order valence-corrected chi connectivity index (χ1v) is 6.78. The van der Waals surface area contributed by atoms with Crippen molar-refractivity contribution in [2.75, 3.05) is 0 Å². The second-order valence-corrected chi connectivity index (χ2v) is 6.44. The molecule has 0 heterocycles. The van der Waals surface area contributed by atoms with E-state index in [1.807, 2.05) is 0 Å². The molecule has 0 aromatic heterocycles. The molecular weight excluding hydrogens is 297 g/mol. The van der Waals surface area contributed by atoms with Gasteiger partial charge in [-0.15, -0.1) is 0 Å². The summed E-state index contributed by atoms with van der Waals surface area (Å²) in [5.74, 6) is -2.97. The molecule has 0 N–H and O–H groups in total. The molecule has 1 nitrogen and oxygen atoms in total. The molecule has 0 aromatic rings. The van der Waals surface area contributed by atoms with Gasteiger partial charge in [-0.3, -0.25) is 4.79 Å². The highest BCUT2D eigenvalue weighted by Gasteiger charge is 2.38. The summed E-state index contributed by atoms with van der Waals surface area (Å²) in [5.41, 5.74) is -1.87. The molecule has 0 spiro atoms. The molecular formula is C12H18BrF3O. The largest absolute Gasteiger partial charge is 0.295 e. The Kier molecular flexibility index (Phi) is 4.67. The van der Waals surface area contributed by atoms with Crippen molar-refractivity contribution in [1.29, 1.82) is 0 Å². The van der Waals surface area contributed by atoms with Gasteiger partial charge in [-0.25, -0.2) is 13.2 Å². The zero-order valence-corrected chi connectivity index (χ0v) is 11.7. The van der Waals surface area contributed by atoms with Crippen LogP contribution in [0.3, 0.4) is 0 Å². The van der Waals surface area contributed by atoms with Gasteiger partial charge < -0.3 is 0 Å². The normalized spacial score (nSPS) is 23.4. The van der Waals surface area contributed by atoms with Crippen molar-refractivity contribution >= 4 is 21.7 Å². The van der Waals surface area contributed by atoms with Gasteiger partial charge >= 0.3 is 0 Å². The van der Waals surface area contributed by atoms with Crippen molar-refractivity contribution < 1.29 is 18.0 Å². The number of Topliss-reactive ketones (excluding diaryl/α,β-unsaturated/α-hetero) is 1. The summed E-state index contributed by atoms with van der Waals surface area (Å²) in [4.78, 5) is 11.0. The lowest BCUT2D eigenvalue weighted by atomic mass is 9.83. The van der Waals surface area contributed by atoms with E-state index in [1.165, 1.54) is 13.8 Å². The van der Waals surface area contributed by atoms with E-state index in [1.54, 1.807) is 0 Å². The van der Waals surface area contributed by atoms with Crippen LogP contribution in [0.2, 0.25) is 0 Å². The third-order valence-corrected chi connectivity index (χ3v) is 4.04. The molecule has 1 atom stereocenters. The molecule has 1 fully saturated rings. The smallest absolute Gasteiger partial charge is 0.248 e. The van der Waals surface area contributed by atoms with Gasteiger partial charge in [-0.1, -0.05) is 15.9 Å². The maximum absolute atomic E-state index is 13.4. The second-order valence-electron chi connectivity index (χ2n) is 5.34. The van der Waals surface area contributed by atoms with Gasteiger partial charge in [0.05, 0.1) is 4.83 Å².